The number of carbonyl (C=O) groups is 1. The average Bonchev–Trinajstić information content (AvgIpc) is 2.51. The third-order valence-electron chi connectivity index (χ3n) is 1.70. The van der Waals surface area contributed by atoms with Crippen molar-refractivity contribution >= 4 is 24.4 Å². The van der Waals surface area contributed by atoms with Crippen molar-refractivity contribution in [3.63, 3.8) is 0 Å². The summed E-state index contributed by atoms with van der Waals surface area (Å²) in [6.45, 7) is -4.03. The third-order valence-corrected chi connectivity index (χ3v) is 3.05. The van der Waals surface area contributed by atoms with Crippen molar-refractivity contribution < 1.29 is 14.6 Å². The van der Waals surface area contributed by atoms with Gasteiger partial charge in [-0.2, -0.15) is 0 Å². The fraction of sp³-hybridized carbons (Fsp3) is 0.333. The Balaban J connectivity index is 2.78. The standard InChI is InChI=1S/C6H11N4O3PS/c7-5(6(8)11)1-4-2-10(3-9-4)14(12,13)15/h2-3,5H,1,7H2,(H2,8,11)(H2,12,13,15)/p-2. The smallest absolute Gasteiger partial charge is 0.234 e. The summed E-state index contributed by atoms with van der Waals surface area (Å²) >= 11 is 4.23. The van der Waals surface area contributed by atoms with Crippen LogP contribution >= 0.6 is 6.64 Å². The van der Waals surface area contributed by atoms with E-state index in [1.165, 1.54) is 6.20 Å². The lowest BCUT2D eigenvalue weighted by Crippen LogP contribution is -2.38. The van der Waals surface area contributed by atoms with E-state index in [1.54, 1.807) is 0 Å². The van der Waals surface area contributed by atoms with E-state index in [2.05, 4.69) is 16.8 Å². The zero-order valence-corrected chi connectivity index (χ0v) is 9.28. The minimum Gasteiger partial charge on any atom is -0.817 e. The van der Waals surface area contributed by atoms with Crippen LogP contribution in [-0.4, -0.2) is 21.3 Å². The highest BCUT2D eigenvalue weighted by atomic mass is 32.5. The Hall–Kier alpha value is -0.790. The topological polar surface area (TPSA) is 133 Å². The van der Waals surface area contributed by atoms with E-state index in [4.69, 9.17) is 11.5 Å². The lowest BCUT2D eigenvalue weighted by Gasteiger charge is -2.35. The maximum atomic E-state index is 10.9. The molecule has 1 unspecified atom stereocenters. The van der Waals surface area contributed by atoms with Crippen molar-refractivity contribution in [3.05, 3.63) is 18.2 Å². The van der Waals surface area contributed by atoms with Gasteiger partial charge in [-0.25, -0.2) is 4.98 Å². The molecule has 1 aromatic heterocycles. The molecule has 0 saturated carbocycles. The Morgan fingerprint density at radius 3 is 2.73 bits per heavy atom. The lowest BCUT2D eigenvalue weighted by atomic mass is 10.2. The zero-order chi connectivity index (χ0) is 11.6. The summed E-state index contributed by atoms with van der Waals surface area (Å²) in [5.41, 5.74) is 10.7. The second-order valence-electron chi connectivity index (χ2n) is 2.93. The highest BCUT2D eigenvalue weighted by Crippen LogP contribution is 2.26. The van der Waals surface area contributed by atoms with Crippen LogP contribution in [-0.2, 0) is 23.0 Å². The quantitative estimate of drug-likeness (QED) is 0.546. The maximum absolute atomic E-state index is 10.9. The monoisotopic (exact) mass is 248 g/mol. The fourth-order valence-corrected chi connectivity index (χ4v) is 1.64. The minimum absolute atomic E-state index is 0.0810. The average molecular weight is 248 g/mol. The van der Waals surface area contributed by atoms with Gasteiger partial charge in [0.25, 0.3) is 0 Å². The molecule has 1 aromatic rings. The van der Waals surface area contributed by atoms with E-state index in [0.29, 0.717) is 5.69 Å². The summed E-state index contributed by atoms with van der Waals surface area (Å²) < 4.78 is 0.797. The molecule has 0 aliphatic rings. The molecule has 0 aromatic carbocycles. The number of carbonyl (C=O) groups excluding carboxylic acids is 1. The number of amides is 1. The van der Waals surface area contributed by atoms with Crippen LogP contribution in [0.5, 0.6) is 0 Å². The molecule has 0 fully saturated rings. The Kier molecular flexibility index (Phi) is 3.58. The van der Waals surface area contributed by atoms with Crippen LogP contribution < -0.4 is 21.3 Å². The predicted octanol–water partition coefficient (Wildman–Crippen LogP) is -2.97. The maximum Gasteiger partial charge on any atom is 0.234 e. The van der Waals surface area contributed by atoms with Crippen molar-refractivity contribution in [1.29, 1.82) is 0 Å². The van der Waals surface area contributed by atoms with E-state index < -0.39 is 18.6 Å². The van der Waals surface area contributed by atoms with Crippen molar-refractivity contribution in [2.75, 3.05) is 0 Å². The molecule has 1 atom stereocenters. The largest absolute Gasteiger partial charge is 0.817 e. The first kappa shape index (κ1) is 12.3. The molecule has 0 aliphatic heterocycles. The van der Waals surface area contributed by atoms with E-state index in [0.717, 1.165) is 10.7 Å². The highest BCUT2D eigenvalue weighted by molar-refractivity contribution is 8.06. The zero-order valence-electron chi connectivity index (χ0n) is 7.57. The van der Waals surface area contributed by atoms with Gasteiger partial charge < -0.3 is 25.6 Å². The number of imidazole rings is 1. The second kappa shape index (κ2) is 4.38. The summed E-state index contributed by atoms with van der Waals surface area (Å²) in [4.78, 5) is 36.2. The molecule has 4 N–H and O–H groups in total. The summed E-state index contributed by atoms with van der Waals surface area (Å²) in [5, 5.41) is 0. The van der Waals surface area contributed by atoms with Crippen molar-refractivity contribution in [2.45, 2.75) is 12.5 Å². The number of aromatic nitrogens is 2. The van der Waals surface area contributed by atoms with Gasteiger partial charge in [-0.1, -0.05) is 0 Å². The van der Waals surface area contributed by atoms with Gasteiger partial charge in [0.1, 0.15) is 0 Å². The SMILES string of the molecule is NC(=O)C(N)Cc1cn(P([O-])([O-])=S)cn1. The van der Waals surface area contributed by atoms with E-state index in [9.17, 15) is 14.6 Å². The van der Waals surface area contributed by atoms with Gasteiger partial charge in [-0.3, -0.25) is 4.79 Å². The first-order valence-electron chi connectivity index (χ1n) is 3.91. The van der Waals surface area contributed by atoms with Gasteiger partial charge in [-0.05, 0) is 0 Å². The molecule has 1 rings (SSSR count). The molecule has 9 heteroatoms. The Morgan fingerprint density at radius 2 is 2.33 bits per heavy atom. The Morgan fingerprint density at radius 1 is 1.73 bits per heavy atom. The van der Waals surface area contributed by atoms with Crippen LogP contribution in [0.15, 0.2) is 12.5 Å². The molecular weight excluding hydrogens is 239 g/mol. The number of primary amides is 1. The second-order valence-corrected chi connectivity index (χ2v) is 5.71. The van der Waals surface area contributed by atoms with Gasteiger partial charge in [0.15, 0.2) is 0 Å². The number of hydrogen-bond acceptors (Lipinski definition) is 6. The van der Waals surface area contributed by atoms with E-state index >= 15 is 0 Å². The molecule has 1 heterocycles. The number of nitrogens with two attached hydrogens (primary N) is 2. The van der Waals surface area contributed by atoms with Gasteiger partial charge in [0, 0.05) is 12.6 Å². The molecule has 1 amide bonds. The predicted molar refractivity (Wildman–Crippen MR) is 52.8 cm³/mol. The normalized spacial score (nSPS) is 13.8. The number of hydrogen-bond donors (Lipinski definition) is 2. The minimum atomic E-state index is -4.03. The summed E-state index contributed by atoms with van der Waals surface area (Å²) in [7, 11) is 0. The summed E-state index contributed by atoms with van der Waals surface area (Å²) in [6, 6.07) is -0.885. The van der Waals surface area contributed by atoms with Gasteiger partial charge in [0.05, 0.1) is 18.1 Å². The third kappa shape index (κ3) is 3.37. The molecule has 0 aliphatic carbocycles. The Labute approximate surface area is 90.9 Å². The van der Waals surface area contributed by atoms with Crippen LogP contribution in [0.4, 0.5) is 0 Å². The van der Waals surface area contributed by atoms with Gasteiger partial charge in [-0.15, -0.1) is 18.4 Å². The molecular formula is C6H9N4O3PS-2. The number of rotatable bonds is 4. The molecule has 7 nitrogen and oxygen atoms in total. The molecule has 0 spiro atoms. The first-order valence-corrected chi connectivity index (χ1v) is 6.50. The summed E-state index contributed by atoms with van der Waals surface area (Å²) in [5.74, 6) is -0.673. The van der Waals surface area contributed by atoms with E-state index in [-0.39, 0.29) is 6.42 Å². The molecule has 0 radical (unpaired) electrons. The molecule has 0 saturated heterocycles. The molecule has 15 heavy (non-hydrogen) atoms. The lowest BCUT2D eigenvalue weighted by molar-refractivity contribution is -0.298. The van der Waals surface area contributed by atoms with Gasteiger partial charge in [0.2, 0.25) is 5.91 Å². The van der Waals surface area contributed by atoms with Gasteiger partial charge >= 0.3 is 0 Å². The summed E-state index contributed by atoms with van der Waals surface area (Å²) in [6.07, 6.45) is 2.35. The molecule has 84 valence electrons. The van der Waals surface area contributed by atoms with Crippen molar-refractivity contribution in [3.8, 4) is 0 Å². The van der Waals surface area contributed by atoms with Crippen molar-refractivity contribution in [2.24, 2.45) is 11.5 Å². The number of nitrogens with zero attached hydrogens (tertiary/aromatic N) is 2. The van der Waals surface area contributed by atoms with E-state index in [1.807, 2.05) is 0 Å². The van der Waals surface area contributed by atoms with Crippen LogP contribution in [0.2, 0.25) is 0 Å². The van der Waals surface area contributed by atoms with Crippen molar-refractivity contribution in [1.82, 2.24) is 9.32 Å². The van der Waals surface area contributed by atoms with Crippen LogP contribution in [0.25, 0.3) is 0 Å². The van der Waals surface area contributed by atoms with Crippen LogP contribution in [0.1, 0.15) is 5.69 Å². The highest BCUT2D eigenvalue weighted by Gasteiger charge is 2.11. The Bertz CT molecular complexity index is 414. The molecule has 0 bridgehead atoms. The fourth-order valence-electron chi connectivity index (χ4n) is 0.918. The van der Waals surface area contributed by atoms with Crippen LogP contribution in [0.3, 0.4) is 0 Å². The van der Waals surface area contributed by atoms with Crippen LogP contribution in [0, 0.1) is 0 Å². The first-order chi connectivity index (χ1) is 6.80.